The van der Waals surface area contributed by atoms with Gasteiger partial charge in [-0.2, -0.15) is 0 Å². The number of nitrogens with zero attached hydrogens (tertiary/aromatic N) is 1. The van der Waals surface area contributed by atoms with Crippen LogP contribution in [0.2, 0.25) is 0 Å². The highest BCUT2D eigenvalue weighted by atomic mass is 16.5. The number of fused-ring (bicyclic) bond motifs is 2. The zero-order valence-electron chi connectivity index (χ0n) is 18.5. The average molecular weight is 438 g/mol. The summed E-state index contributed by atoms with van der Waals surface area (Å²) >= 11 is 0. The first kappa shape index (κ1) is 22.9. The van der Waals surface area contributed by atoms with Crippen molar-refractivity contribution in [3.63, 3.8) is 0 Å². The Balaban J connectivity index is 0.000000181. The van der Waals surface area contributed by atoms with Gasteiger partial charge in [-0.15, -0.1) is 0 Å². The Labute approximate surface area is 186 Å². The molecule has 0 saturated carbocycles. The minimum Gasteiger partial charge on any atom is -0.495 e. The maximum atomic E-state index is 11.6. The first-order valence-corrected chi connectivity index (χ1v) is 10.0. The number of ether oxygens (including phenoxy) is 4. The summed E-state index contributed by atoms with van der Waals surface area (Å²) in [7, 11) is 5.97. The maximum Gasteiger partial charge on any atom is 0.338 e. The number of carbonyl (C=O) groups excluding carboxylic acids is 2. The van der Waals surface area contributed by atoms with Crippen LogP contribution in [0.5, 0.6) is 11.5 Å². The van der Waals surface area contributed by atoms with E-state index in [1.807, 2.05) is 30.3 Å². The lowest BCUT2D eigenvalue weighted by atomic mass is 9.91. The van der Waals surface area contributed by atoms with Crippen LogP contribution in [0.15, 0.2) is 48.7 Å². The third kappa shape index (κ3) is 4.59. The quantitative estimate of drug-likeness (QED) is 0.615. The van der Waals surface area contributed by atoms with Crippen LogP contribution >= 0.6 is 0 Å². The second-order valence-electron chi connectivity index (χ2n) is 6.92. The van der Waals surface area contributed by atoms with Gasteiger partial charge in [-0.3, -0.25) is 9.78 Å². The number of rotatable bonds is 4. The molecule has 1 aliphatic heterocycles. The Morgan fingerprint density at radius 2 is 1.66 bits per heavy atom. The second kappa shape index (κ2) is 10.5. The molecule has 2 heterocycles. The summed E-state index contributed by atoms with van der Waals surface area (Å²) in [6, 6.07) is 12.8. The van der Waals surface area contributed by atoms with Gasteiger partial charge in [0, 0.05) is 18.1 Å². The Morgan fingerprint density at radius 3 is 2.34 bits per heavy atom. The number of aromatic nitrogens is 1. The van der Waals surface area contributed by atoms with Crippen molar-refractivity contribution >= 4 is 28.5 Å². The van der Waals surface area contributed by atoms with Crippen LogP contribution in [-0.2, 0) is 14.3 Å². The van der Waals surface area contributed by atoms with Gasteiger partial charge in [0.15, 0.2) is 0 Å². The molecule has 3 aromatic rings. The number of nitrogens with one attached hydrogen (secondary N) is 1. The van der Waals surface area contributed by atoms with Crippen LogP contribution in [0.3, 0.4) is 0 Å². The predicted molar refractivity (Wildman–Crippen MR) is 120 cm³/mol. The summed E-state index contributed by atoms with van der Waals surface area (Å²) in [6.07, 6.45) is 2.32. The summed E-state index contributed by atoms with van der Waals surface area (Å²) in [6.45, 7) is 0.757. The van der Waals surface area contributed by atoms with E-state index in [2.05, 4.69) is 10.3 Å². The predicted octanol–water partition coefficient (Wildman–Crippen LogP) is 3.80. The monoisotopic (exact) mass is 438 g/mol. The van der Waals surface area contributed by atoms with E-state index in [0.29, 0.717) is 16.8 Å². The molecule has 0 spiro atoms. The van der Waals surface area contributed by atoms with E-state index in [0.717, 1.165) is 35.4 Å². The Hall–Kier alpha value is -3.81. The molecule has 168 valence electrons. The van der Waals surface area contributed by atoms with Gasteiger partial charge in [0.05, 0.1) is 45.6 Å². The van der Waals surface area contributed by atoms with Gasteiger partial charge in [0.2, 0.25) is 0 Å². The lowest BCUT2D eigenvalue weighted by molar-refractivity contribution is -0.142. The molecule has 1 N–H and O–H groups in total. The summed E-state index contributed by atoms with van der Waals surface area (Å²) in [5.41, 5.74) is 3.02. The Morgan fingerprint density at radius 1 is 0.938 bits per heavy atom. The molecule has 0 saturated heterocycles. The van der Waals surface area contributed by atoms with E-state index in [-0.39, 0.29) is 17.9 Å². The fraction of sp³-hybridized carbons (Fsp3) is 0.292. The van der Waals surface area contributed by atoms with Crippen LogP contribution in [0.25, 0.3) is 10.9 Å². The first-order valence-electron chi connectivity index (χ1n) is 10.0. The van der Waals surface area contributed by atoms with Crippen LogP contribution < -0.4 is 14.8 Å². The van der Waals surface area contributed by atoms with Crippen molar-refractivity contribution in [2.45, 2.75) is 12.3 Å². The first-order chi connectivity index (χ1) is 15.5. The van der Waals surface area contributed by atoms with Crippen LogP contribution in [0.1, 0.15) is 28.3 Å². The molecular weight excluding hydrogens is 412 g/mol. The third-order valence-electron chi connectivity index (χ3n) is 5.23. The van der Waals surface area contributed by atoms with E-state index in [1.165, 1.54) is 14.2 Å². The number of benzene rings is 2. The van der Waals surface area contributed by atoms with E-state index >= 15 is 0 Å². The highest BCUT2D eigenvalue weighted by molar-refractivity contribution is 6.04. The van der Waals surface area contributed by atoms with Gasteiger partial charge in [-0.1, -0.05) is 24.3 Å². The lowest BCUT2D eigenvalue weighted by Gasteiger charge is -2.26. The fourth-order valence-electron chi connectivity index (χ4n) is 3.68. The maximum absolute atomic E-state index is 11.6. The Bertz CT molecular complexity index is 1110. The van der Waals surface area contributed by atoms with Crippen LogP contribution in [0, 0.1) is 0 Å². The lowest BCUT2D eigenvalue weighted by Crippen LogP contribution is -2.24. The summed E-state index contributed by atoms with van der Waals surface area (Å²) < 4.78 is 20.0. The van der Waals surface area contributed by atoms with E-state index < -0.39 is 0 Å². The van der Waals surface area contributed by atoms with Crippen molar-refractivity contribution in [1.82, 2.24) is 4.98 Å². The van der Waals surface area contributed by atoms with Gasteiger partial charge in [0.1, 0.15) is 17.0 Å². The molecule has 1 atom stereocenters. The summed E-state index contributed by atoms with van der Waals surface area (Å²) in [4.78, 5) is 27.4. The molecule has 0 fully saturated rings. The molecule has 32 heavy (non-hydrogen) atoms. The second-order valence-corrected chi connectivity index (χ2v) is 6.92. The zero-order valence-corrected chi connectivity index (χ0v) is 18.5. The molecule has 0 bridgehead atoms. The van der Waals surface area contributed by atoms with Gasteiger partial charge in [-0.25, -0.2) is 4.79 Å². The summed E-state index contributed by atoms with van der Waals surface area (Å²) in [5, 5.41) is 3.99. The molecule has 1 aliphatic rings. The Kier molecular flexibility index (Phi) is 7.49. The normalized spacial score (nSPS) is 14.2. The number of para-hydroxylation sites is 2. The smallest absolute Gasteiger partial charge is 0.338 e. The molecule has 0 radical (unpaired) electrons. The average Bonchev–Trinajstić information content (AvgIpc) is 2.86. The van der Waals surface area contributed by atoms with E-state index in [4.69, 9.17) is 18.9 Å². The van der Waals surface area contributed by atoms with E-state index in [1.54, 1.807) is 32.5 Å². The number of carbonyl (C=O) groups is 2. The number of esters is 2. The van der Waals surface area contributed by atoms with Crippen LogP contribution in [0.4, 0.5) is 5.69 Å². The molecule has 8 heteroatoms. The van der Waals surface area contributed by atoms with E-state index in [9.17, 15) is 9.59 Å². The minimum atomic E-state index is -0.374. The van der Waals surface area contributed by atoms with Crippen molar-refractivity contribution in [3.05, 3.63) is 59.8 Å². The largest absolute Gasteiger partial charge is 0.495 e. The van der Waals surface area contributed by atoms with Gasteiger partial charge in [-0.05, 0) is 30.2 Å². The molecule has 8 nitrogen and oxygen atoms in total. The highest BCUT2D eigenvalue weighted by Crippen LogP contribution is 2.38. The number of anilines is 1. The van der Waals surface area contributed by atoms with Crippen LogP contribution in [-0.4, -0.2) is 51.9 Å². The SMILES string of the molecule is COC(=O)C1CCNc2c(OC)cccc21.COC(=O)c1ccnc2c(OC)cccc12. The van der Waals surface area contributed by atoms with Crippen molar-refractivity contribution in [2.75, 3.05) is 40.3 Å². The minimum absolute atomic E-state index is 0.184. The van der Waals surface area contributed by atoms with Gasteiger partial charge >= 0.3 is 11.9 Å². The van der Waals surface area contributed by atoms with Crippen molar-refractivity contribution in [2.24, 2.45) is 0 Å². The molecule has 0 amide bonds. The van der Waals surface area contributed by atoms with Gasteiger partial charge < -0.3 is 24.3 Å². The molecule has 1 aromatic heterocycles. The van der Waals surface area contributed by atoms with Crippen molar-refractivity contribution in [3.8, 4) is 11.5 Å². The highest BCUT2D eigenvalue weighted by Gasteiger charge is 2.28. The zero-order chi connectivity index (χ0) is 23.1. The number of methoxy groups -OCH3 is 4. The molecule has 4 rings (SSSR count). The fourth-order valence-corrected chi connectivity index (χ4v) is 3.68. The summed E-state index contributed by atoms with van der Waals surface area (Å²) in [5.74, 6) is 0.669. The molecule has 2 aromatic carbocycles. The third-order valence-corrected chi connectivity index (χ3v) is 5.23. The van der Waals surface area contributed by atoms with Gasteiger partial charge in [0.25, 0.3) is 0 Å². The molecule has 1 unspecified atom stereocenters. The topological polar surface area (TPSA) is 96.0 Å². The number of pyridine rings is 1. The molecule has 0 aliphatic carbocycles. The molecular formula is C24H26N2O6. The van der Waals surface area contributed by atoms with Crippen molar-refractivity contribution < 1.29 is 28.5 Å². The number of hydrogen-bond donors (Lipinski definition) is 1. The standard InChI is InChI=1S/C12H15NO3.C12H11NO3/c2*1-15-10-5-3-4-8-9(12(14)16-2)6-7-13-11(8)10/h3-5,9,13H,6-7H2,1-2H3;3-7H,1-2H3. The number of hydrogen-bond acceptors (Lipinski definition) is 8. The van der Waals surface area contributed by atoms with Crippen molar-refractivity contribution in [1.29, 1.82) is 0 Å².